The van der Waals surface area contributed by atoms with Gasteiger partial charge in [0.2, 0.25) is 0 Å². The molecule has 3 rings (SSSR count). The van der Waals surface area contributed by atoms with E-state index >= 15 is 0 Å². The molecule has 2 nitrogen and oxygen atoms in total. The highest BCUT2D eigenvalue weighted by Gasteiger charge is 2.12. The molecule has 3 heteroatoms. The summed E-state index contributed by atoms with van der Waals surface area (Å²) in [6.45, 7) is 2.05. The van der Waals surface area contributed by atoms with Gasteiger partial charge >= 0.3 is 0 Å². The molecule has 0 N–H and O–H groups in total. The third-order valence-corrected chi connectivity index (χ3v) is 3.45. The van der Waals surface area contributed by atoms with Crippen LogP contribution in [0.2, 0.25) is 5.02 Å². The van der Waals surface area contributed by atoms with Crippen LogP contribution >= 0.6 is 11.6 Å². The quantitative estimate of drug-likeness (QED) is 0.502. The molecule has 2 aliphatic carbocycles. The summed E-state index contributed by atoms with van der Waals surface area (Å²) in [5.74, 6) is 0. The number of azo groups is 1. The summed E-state index contributed by atoms with van der Waals surface area (Å²) in [5.41, 5.74) is 4.84. The van der Waals surface area contributed by atoms with Crippen molar-refractivity contribution in [1.29, 1.82) is 0 Å². The van der Waals surface area contributed by atoms with Crippen LogP contribution in [-0.2, 0) is 0 Å². The number of nitrogens with zero attached hydrogens (tertiary/aromatic N) is 2. The summed E-state index contributed by atoms with van der Waals surface area (Å²) < 4.78 is 0. The number of hydrogen-bond donors (Lipinski definition) is 0. The average molecular weight is 281 g/mol. The van der Waals surface area contributed by atoms with Crippen molar-refractivity contribution in [3.05, 3.63) is 71.2 Å². The van der Waals surface area contributed by atoms with Crippen LogP contribution in [0.25, 0.3) is 11.1 Å². The first-order valence-corrected chi connectivity index (χ1v) is 6.77. The minimum atomic E-state index is 0.703. The van der Waals surface area contributed by atoms with Crippen molar-refractivity contribution >= 4 is 23.0 Å². The predicted octanol–water partition coefficient (Wildman–Crippen LogP) is 6.17. The second kappa shape index (κ2) is 5.43. The van der Waals surface area contributed by atoms with E-state index in [1.165, 1.54) is 5.56 Å². The number of rotatable bonds is 2. The SMILES string of the molecule is Cc1ccc(N=Nc2cc(Cl)c3cccccc2-3)cc1. The molecule has 0 spiro atoms. The predicted molar refractivity (Wildman–Crippen MR) is 83.4 cm³/mol. The maximum atomic E-state index is 6.24. The first kappa shape index (κ1) is 12.8. The Labute approximate surface area is 123 Å². The lowest BCUT2D eigenvalue weighted by molar-refractivity contribution is 1.24. The summed E-state index contributed by atoms with van der Waals surface area (Å²) in [4.78, 5) is 0. The number of halogens is 1. The zero-order valence-electron chi connectivity index (χ0n) is 11.0. The molecular weight excluding hydrogens is 268 g/mol. The highest BCUT2D eigenvalue weighted by molar-refractivity contribution is 6.34. The summed E-state index contributed by atoms with van der Waals surface area (Å²) in [6.07, 6.45) is 0. The number of benzene rings is 1. The molecule has 0 saturated carbocycles. The summed E-state index contributed by atoms with van der Waals surface area (Å²) in [7, 11) is 0. The van der Waals surface area contributed by atoms with Gasteiger partial charge in [0.05, 0.1) is 16.4 Å². The van der Waals surface area contributed by atoms with E-state index in [0.717, 1.165) is 22.5 Å². The fourth-order valence-electron chi connectivity index (χ4n) is 2.06. The van der Waals surface area contributed by atoms with Crippen molar-refractivity contribution in [2.45, 2.75) is 6.92 Å². The molecule has 2 aliphatic rings. The van der Waals surface area contributed by atoms with E-state index in [9.17, 15) is 0 Å². The fraction of sp³-hybridized carbons (Fsp3) is 0.0588. The fourth-order valence-corrected chi connectivity index (χ4v) is 2.33. The summed E-state index contributed by atoms with van der Waals surface area (Å²) in [6, 6.07) is 19.7. The van der Waals surface area contributed by atoms with Crippen LogP contribution < -0.4 is 0 Å². The monoisotopic (exact) mass is 280 g/mol. The zero-order chi connectivity index (χ0) is 13.9. The van der Waals surface area contributed by atoms with E-state index in [4.69, 9.17) is 11.6 Å². The molecule has 0 unspecified atom stereocenters. The lowest BCUT2D eigenvalue weighted by Gasteiger charge is -1.95. The number of aryl methyl sites for hydroxylation is 1. The van der Waals surface area contributed by atoms with Crippen LogP contribution in [0.5, 0.6) is 0 Å². The van der Waals surface area contributed by atoms with Gasteiger partial charge in [0.1, 0.15) is 0 Å². The molecular formula is C17H13ClN2. The molecule has 20 heavy (non-hydrogen) atoms. The highest BCUT2D eigenvalue weighted by atomic mass is 35.5. The molecule has 0 radical (unpaired) electrons. The summed E-state index contributed by atoms with van der Waals surface area (Å²) in [5, 5.41) is 9.29. The molecule has 0 heterocycles. The Balaban J connectivity index is 1.98. The zero-order valence-corrected chi connectivity index (χ0v) is 11.8. The lowest BCUT2D eigenvalue weighted by Crippen LogP contribution is -1.69. The second-order valence-electron chi connectivity index (χ2n) is 4.65. The molecule has 0 amide bonds. The van der Waals surface area contributed by atoms with E-state index in [2.05, 4.69) is 10.2 Å². The maximum Gasteiger partial charge on any atom is 0.0950 e. The summed E-state index contributed by atoms with van der Waals surface area (Å²) >= 11 is 6.24. The van der Waals surface area contributed by atoms with Gasteiger partial charge in [-0.05, 0) is 25.1 Å². The van der Waals surface area contributed by atoms with Crippen molar-refractivity contribution in [2.75, 3.05) is 0 Å². The topological polar surface area (TPSA) is 24.7 Å². The van der Waals surface area contributed by atoms with Gasteiger partial charge < -0.3 is 0 Å². The minimum absolute atomic E-state index is 0.703. The standard InChI is InChI=1S/C17H13ClN2/c1-12-7-9-13(10-8-12)19-20-17-11-16(18)14-5-3-2-4-6-15(14)17/h2-11H,1H3. The molecule has 1 aromatic carbocycles. The Bertz CT molecular complexity index is 732. The van der Waals surface area contributed by atoms with Crippen molar-refractivity contribution in [1.82, 2.24) is 0 Å². The van der Waals surface area contributed by atoms with Gasteiger partial charge in [-0.15, -0.1) is 5.11 Å². The normalized spacial score (nSPS) is 11.3. The smallest absolute Gasteiger partial charge is 0.0950 e. The third-order valence-electron chi connectivity index (χ3n) is 3.14. The molecule has 0 saturated heterocycles. The highest BCUT2D eigenvalue weighted by Crippen LogP contribution is 2.40. The van der Waals surface area contributed by atoms with E-state index in [1.807, 2.05) is 67.6 Å². The Kier molecular flexibility index (Phi) is 3.48. The molecule has 1 aromatic rings. The van der Waals surface area contributed by atoms with Crippen LogP contribution in [0.4, 0.5) is 11.4 Å². The van der Waals surface area contributed by atoms with E-state index < -0.39 is 0 Å². The molecule has 0 aromatic heterocycles. The van der Waals surface area contributed by atoms with Crippen LogP contribution in [0.15, 0.2) is 70.9 Å². The van der Waals surface area contributed by atoms with Crippen LogP contribution in [-0.4, -0.2) is 0 Å². The van der Waals surface area contributed by atoms with Gasteiger partial charge in [-0.3, -0.25) is 0 Å². The van der Waals surface area contributed by atoms with Gasteiger partial charge in [-0.2, -0.15) is 5.11 Å². The van der Waals surface area contributed by atoms with Crippen molar-refractivity contribution in [3.8, 4) is 11.1 Å². The third kappa shape index (κ3) is 2.56. The van der Waals surface area contributed by atoms with Gasteiger partial charge in [-0.1, -0.05) is 59.6 Å². The van der Waals surface area contributed by atoms with Gasteiger partial charge in [-0.25, -0.2) is 0 Å². The Morgan fingerprint density at radius 2 is 1.50 bits per heavy atom. The van der Waals surface area contributed by atoms with Gasteiger partial charge in [0.15, 0.2) is 0 Å². The van der Waals surface area contributed by atoms with Crippen LogP contribution in [0.3, 0.4) is 0 Å². The molecule has 0 bridgehead atoms. The molecule has 0 atom stereocenters. The second-order valence-corrected chi connectivity index (χ2v) is 5.06. The van der Waals surface area contributed by atoms with E-state index in [-0.39, 0.29) is 0 Å². The lowest BCUT2D eigenvalue weighted by atomic mass is 10.2. The largest absolute Gasteiger partial charge is 0.151 e. The van der Waals surface area contributed by atoms with E-state index in [1.54, 1.807) is 0 Å². The first-order valence-electron chi connectivity index (χ1n) is 6.40. The Morgan fingerprint density at radius 1 is 0.800 bits per heavy atom. The Hall–Kier alpha value is -2.19. The van der Waals surface area contributed by atoms with Gasteiger partial charge in [0, 0.05) is 11.1 Å². The number of fused-ring (bicyclic) bond motifs is 1. The molecule has 0 aliphatic heterocycles. The maximum absolute atomic E-state index is 6.24. The molecule has 0 fully saturated rings. The van der Waals surface area contributed by atoms with Gasteiger partial charge in [0.25, 0.3) is 0 Å². The molecule has 98 valence electrons. The van der Waals surface area contributed by atoms with Crippen LogP contribution in [0.1, 0.15) is 5.56 Å². The minimum Gasteiger partial charge on any atom is -0.151 e. The van der Waals surface area contributed by atoms with Crippen LogP contribution in [0, 0.1) is 6.92 Å². The van der Waals surface area contributed by atoms with Crippen molar-refractivity contribution in [3.63, 3.8) is 0 Å². The average Bonchev–Trinajstić information content (AvgIpc) is 2.65. The first-order chi connectivity index (χ1) is 9.74. The Morgan fingerprint density at radius 3 is 2.25 bits per heavy atom. The number of hydrogen-bond acceptors (Lipinski definition) is 2. The van der Waals surface area contributed by atoms with Crippen molar-refractivity contribution in [2.24, 2.45) is 10.2 Å². The van der Waals surface area contributed by atoms with Crippen molar-refractivity contribution < 1.29 is 0 Å². The van der Waals surface area contributed by atoms with E-state index in [0.29, 0.717) is 5.02 Å².